The van der Waals surface area contributed by atoms with Crippen LogP contribution in [0.2, 0.25) is 0 Å². The van der Waals surface area contributed by atoms with Crippen LogP contribution in [0.15, 0.2) is 12.2 Å². The molecule has 0 aromatic rings. The molecule has 0 fully saturated rings. The lowest BCUT2D eigenvalue weighted by Crippen LogP contribution is -1.95. The van der Waals surface area contributed by atoms with Crippen LogP contribution >= 0.6 is 0 Å². The van der Waals surface area contributed by atoms with Crippen molar-refractivity contribution < 1.29 is 4.79 Å². The molecule has 0 heterocycles. The molecule has 0 amide bonds. The number of carbonyl (C=O) groups excluding carboxylic acids is 1. The lowest BCUT2D eigenvalue weighted by atomic mass is 10.1. The van der Waals surface area contributed by atoms with Gasteiger partial charge >= 0.3 is 0 Å². The predicted octanol–water partition coefficient (Wildman–Crippen LogP) is 3.49. The van der Waals surface area contributed by atoms with Crippen molar-refractivity contribution >= 4 is 5.78 Å². The van der Waals surface area contributed by atoms with Crippen molar-refractivity contribution in [3.8, 4) is 0 Å². The van der Waals surface area contributed by atoms with Crippen molar-refractivity contribution in [2.24, 2.45) is 0 Å². The fourth-order valence-electron chi connectivity index (χ4n) is 1.11. The number of hydrogen-bond acceptors (Lipinski definition) is 1. The lowest BCUT2D eigenvalue weighted by Gasteiger charge is -1.95. The molecule has 0 saturated carbocycles. The molecule has 0 rings (SSSR count). The first-order chi connectivity index (χ1) is 5.81. The third-order valence-corrected chi connectivity index (χ3v) is 1.76. The number of rotatable bonds is 7. The van der Waals surface area contributed by atoms with Crippen LogP contribution in [0.4, 0.5) is 0 Å². The molecule has 0 saturated heterocycles. The molecule has 0 aromatic heterocycles. The Kier molecular flexibility index (Phi) is 8.09. The zero-order valence-corrected chi connectivity index (χ0v) is 8.31. The van der Waals surface area contributed by atoms with Crippen LogP contribution in [0.3, 0.4) is 0 Å². The van der Waals surface area contributed by atoms with Crippen molar-refractivity contribution in [3.63, 3.8) is 0 Å². The number of unbranched alkanes of at least 4 members (excludes halogenated alkanes) is 1. The SMILES string of the molecule is CCC=CCCCC(=O)CCC. The Morgan fingerprint density at radius 3 is 2.50 bits per heavy atom. The summed E-state index contributed by atoms with van der Waals surface area (Å²) in [5.74, 6) is 0.419. The Morgan fingerprint density at radius 2 is 1.92 bits per heavy atom. The topological polar surface area (TPSA) is 17.1 Å². The summed E-state index contributed by atoms with van der Waals surface area (Å²) < 4.78 is 0. The Bertz CT molecular complexity index is 136. The standard InChI is InChI=1S/C11H20O/c1-3-5-6-7-8-10-11(12)9-4-2/h5-6H,3-4,7-10H2,1-2H3. The summed E-state index contributed by atoms with van der Waals surface area (Å²) in [6.45, 7) is 4.17. The fourth-order valence-corrected chi connectivity index (χ4v) is 1.11. The van der Waals surface area contributed by atoms with Crippen LogP contribution in [0.1, 0.15) is 52.4 Å². The molecule has 1 nitrogen and oxygen atoms in total. The third kappa shape index (κ3) is 7.52. The number of allylic oxidation sites excluding steroid dienone is 2. The molecule has 0 unspecified atom stereocenters. The van der Waals surface area contributed by atoms with E-state index < -0.39 is 0 Å². The first kappa shape index (κ1) is 11.4. The van der Waals surface area contributed by atoms with Crippen LogP contribution in [0.25, 0.3) is 0 Å². The van der Waals surface area contributed by atoms with Gasteiger partial charge in [-0.1, -0.05) is 26.0 Å². The Labute approximate surface area is 75.9 Å². The van der Waals surface area contributed by atoms with Crippen molar-refractivity contribution in [1.29, 1.82) is 0 Å². The maximum atomic E-state index is 11.1. The fraction of sp³-hybridized carbons (Fsp3) is 0.727. The second kappa shape index (κ2) is 8.51. The van der Waals surface area contributed by atoms with Gasteiger partial charge in [-0.25, -0.2) is 0 Å². The minimum atomic E-state index is 0.419. The average molecular weight is 168 g/mol. The van der Waals surface area contributed by atoms with Crippen molar-refractivity contribution in [2.75, 3.05) is 0 Å². The van der Waals surface area contributed by atoms with E-state index in [0.717, 1.165) is 38.5 Å². The molecule has 0 aromatic carbocycles. The Balaban J connectivity index is 3.19. The monoisotopic (exact) mass is 168 g/mol. The van der Waals surface area contributed by atoms with Crippen LogP contribution in [0.5, 0.6) is 0 Å². The van der Waals surface area contributed by atoms with Gasteiger partial charge in [0.2, 0.25) is 0 Å². The number of Topliss-reactive ketones (excluding diaryl/α,β-unsaturated/α-hetero) is 1. The summed E-state index contributed by atoms with van der Waals surface area (Å²) in [4.78, 5) is 11.1. The normalized spacial score (nSPS) is 10.8. The highest BCUT2D eigenvalue weighted by atomic mass is 16.1. The van der Waals surface area contributed by atoms with Crippen LogP contribution in [-0.2, 0) is 4.79 Å². The van der Waals surface area contributed by atoms with Gasteiger partial charge in [0.05, 0.1) is 0 Å². The van der Waals surface area contributed by atoms with E-state index in [1.54, 1.807) is 0 Å². The second-order valence-electron chi connectivity index (χ2n) is 3.06. The molecule has 70 valence electrons. The van der Waals surface area contributed by atoms with Gasteiger partial charge in [-0.2, -0.15) is 0 Å². The van der Waals surface area contributed by atoms with Gasteiger partial charge < -0.3 is 0 Å². The number of carbonyl (C=O) groups is 1. The van der Waals surface area contributed by atoms with Crippen molar-refractivity contribution in [3.05, 3.63) is 12.2 Å². The van der Waals surface area contributed by atoms with Gasteiger partial charge in [0.15, 0.2) is 0 Å². The zero-order chi connectivity index (χ0) is 9.23. The van der Waals surface area contributed by atoms with Gasteiger partial charge in [0, 0.05) is 12.8 Å². The van der Waals surface area contributed by atoms with E-state index in [-0.39, 0.29) is 0 Å². The molecular weight excluding hydrogens is 148 g/mol. The average Bonchev–Trinajstić information content (AvgIpc) is 2.05. The Morgan fingerprint density at radius 1 is 1.17 bits per heavy atom. The molecular formula is C11H20O. The minimum absolute atomic E-state index is 0.419. The molecule has 0 spiro atoms. The summed E-state index contributed by atoms with van der Waals surface area (Å²) in [5.41, 5.74) is 0. The van der Waals surface area contributed by atoms with E-state index in [4.69, 9.17) is 0 Å². The van der Waals surface area contributed by atoms with Crippen LogP contribution in [0, 0.1) is 0 Å². The summed E-state index contributed by atoms with van der Waals surface area (Å²) >= 11 is 0. The summed E-state index contributed by atoms with van der Waals surface area (Å²) in [6, 6.07) is 0. The first-order valence-electron chi connectivity index (χ1n) is 4.98. The quantitative estimate of drug-likeness (QED) is 0.420. The summed E-state index contributed by atoms with van der Waals surface area (Å²) in [6.07, 6.45) is 10.0. The molecule has 0 bridgehead atoms. The highest BCUT2D eigenvalue weighted by molar-refractivity contribution is 5.78. The van der Waals surface area contributed by atoms with E-state index >= 15 is 0 Å². The van der Waals surface area contributed by atoms with Gasteiger partial charge in [-0.3, -0.25) is 4.79 Å². The molecule has 1 heteroatoms. The van der Waals surface area contributed by atoms with Gasteiger partial charge in [0.25, 0.3) is 0 Å². The summed E-state index contributed by atoms with van der Waals surface area (Å²) in [5, 5.41) is 0. The van der Waals surface area contributed by atoms with E-state index in [9.17, 15) is 4.79 Å². The van der Waals surface area contributed by atoms with Crippen molar-refractivity contribution in [2.45, 2.75) is 52.4 Å². The van der Waals surface area contributed by atoms with E-state index in [1.165, 1.54) is 0 Å². The van der Waals surface area contributed by atoms with E-state index in [1.807, 2.05) is 0 Å². The largest absolute Gasteiger partial charge is 0.300 e. The molecule has 0 atom stereocenters. The predicted molar refractivity (Wildman–Crippen MR) is 53.2 cm³/mol. The maximum absolute atomic E-state index is 11.1. The molecule has 0 aliphatic heterocycles. The third-order valence-electron chi connectivity index (χ3n) is 1.76. The number of ketones is 1. The van der Waals surface area contributed by atoms with Crippen molar-refractivity contribution in [1.82, 2.24) is 0 Å². The van der Waals surface area contributed by atoms with E-state index in [2.05, 4.69) is 26.0 Å². The van der Waals surface area contributed by atoms with Gasteiger partial charge in [0.1, 0.15) is 5.78 Å². The van der Waals surface area contributed by atoms with Crippen LogP contribution < -0.4 is 0 Å². The van der Waals surface area contributed by atoms with Crippen LogP contribution in [-0.4, -0.2) is 5.78 Å². The van der Waals surface area contributed by atoms with Gasteiger partial charge in [-0.15, -0.1) is 0 Å². The van der Waals surface area contributed by atoms with Gasteiger partial charge in [-0.05, 0) is 25.7 Å². The molecule has 0 N–H and O–H groups in total. The Hall–Kier alpha value is -0.590. The maximum Gasteiger partial charge on any atom is 0.132 e. The summed E-state index contributed by atoms with van der Waals surface area (Å²) in [7, 11) is 0. The highest BCUT2D eigenvalue weighted by Crippen LogP contribution is 2.02. The molecule has 0 radical (unpaired) electrons. The van der Waals surface area contributed by atoms with E-state index in [0.29, 0.717) is 5.78 Å². The molecule has 0 aliphatic rings. The molecule has 12 heavy (non-hydrogen) atoms. The number of hydrogen-bond donors (Lipinski definition) is 0. The smallest absolute Gasteiger partial charge is 0.132 e. The minimum Gasteiger partial charge on any atom is -0.300 e. The molecule has 0 aliphatic carbocycles. The highest BCUT2D eigenvalue weighted by Gasteiger charge is 1.97. The zero-order valence-electron chi connectivity index (χ0n) is 8.31. The first-order valence-corrected chi connectivity index (χ1v) is 4.98. The second-order valence-corrected chi connectivity index (χ2v) is 3.06. The lowest BCUT2D eigenvalue weighted by molar-refractivity contribution is -0.119.